The average Bonchev–Trinajstić information content (AvgIpc) is 3.99. The molecule has 6 rings (SSSR count). The molecule has 0 spiro atoms. The molecule has 0 saturated carbocycles. The van der Waals surface area contributed by atoms with Crippen molar-refractivity contribution in [1.29, 1.82) is 0 Å². The van der Waals surface area contributed by atoms with Crippen molar-refractivity contribution in [3.8, 4) is 34.1 Å². The molecule has 4 aromatic rings. The van der Waals surface area contributed by atoms with Crippen molar-refractivity contribution >= 4 is 23.5 Å². The summed E-state index contributed by atoms with van der Waals surface area (Å²) in [6.45, 7) is 13.1. The van der Waals surface area contributed by atoms with E-state index in [1.165, 1.54) is 38.5 Å². The summed E-state index contributed by atoms with van der Waals surface area (Å²) < 4.78 is 41.7. The standard InChI is InChI=1S/C38H50F2N10O4/c1-37(2,11-16-49-13-6-7-14-49)35(51)43-33-29(39)31(45-47-33)25-8-9-28(42-20-25)54-23-24-10-15-50(22-24)17-12-38(3,4)36(52)44-34-30(40)32(46-48-34)26-18-27(53-5)21-41-19-26/h8-9,18-21,24H,6-7,10-17,22-23H2,1-5H3,(H2,43,45,47,51)(H2,44,46,48,52). The van der Waals surface area contributed by atoms with Crippen molar-refractivity contribution in [2.24, 2.45) is 16.7 Å². The zero-order valence-corrected chi connectivity index (χ0v) is 31.6. The third-order valence-electron chi connectivity index (χ3n) is 10.5. The highest BCUT2D eigenvalue weighted by Gasteiger charge is 2.33. The van der Waals surface area contributed by atoms with Crippen LogP contribution in [0.3, 0.4) is 0 Å². The maximum Gasteiger partial charge on any atom is 0.231 e. The molecule has 0 radical (unpaired) electrons. The van der Waals surface area contributed by atoms with Crippen LogP contribution in [0.1, 0.15) is 59.8 Å². The molecule has 16 heteroatoms. The molecule has 14 nitrogen and oxygen atoms in total. The number of nitrogens with zero attached hydrogens (tertiary/aromatic N) is 6. The van der Waals surface area contributed by atoms with Crippen molar-refractivity contribution < 1.29 is 27.8 Å². The molecule has 2 saturated heterocycles. The summed E-state index contributed by atoms with van der Waals surface area (Å²) in [5.74, 6) is -1.08. The van der Waals surface area contributed by atoms with Crippen molar-refractivity contribution in [3.05, 3.63) is 48.4 Å². The Bertz CT molecular complexity index is 1910. The molecule has 290 valence electrons. The van der Waals surface area contributed by atoms with Crippen LogP contribution >= 0.6 is 0 Å². The molecular weight excluding hydrogens is 698 g/mol. The second-order valence-electron chi connectivity index (χ2n) is 15.5. The van der Waals surface area contributed by atoms with E-state index in [2.05, 4.69) is 50.8 Å². The van der Waals surface area contributed by atoms with E-state index in [1.807, 2.05) is 27.7 Å². The number of halogens is 2. The van der Waals surface area contributed by atoms with Crippen LogP contribution < -0.4 is 20.1 Å². The Kier molecular flexibility index (Phi) is 11.9. The van der Waals surface area contributed by atoms with Gasteiger partial charge in [0, 0.05) is 52.9 Å². The fraction of sp³-hybridized carbons (Fsp3) is 0.526. The minimum absolute atomic E-state index is 0.108. The molecule has 0 aliphatic carbocycles. The quantitative estimate of drug-likeness (QED) is 0.111. The summed E-state index contributed by atoms with van der Waals surface area (Å²) in [6, 6.07) is 5.01. The lowest BCUT2D eigenvalue weighted by Gasteiger charge is -2.26. The van der Waals surface area contributed by atoms with Crippen LogP contribution in [0.5, 0.6) is 11.6 Å². The van der Waals surface area contributed by atoms with Gasteiger partial charge in [0.05, 0.1) is 19.9 Å². The number of rotatable bonds is 16. The van der Waals surface area contributed by atoms with Gasteiger partial charge < -0.3 is 29.9 Å². The van der Waals surface area contributed by atoms with Crippen LogP contribution in [0.4, 0.5) is 20.4 Å². The van der Waals surface area contributed by atoms with Crippen molar-refractivity contribution in [1.82, 2.24) is 40.2 Å². The van der Waals surface area contributed by atoms with E-state index >= 15 is 8.78 Å². The van der Waals surface area contributed by atoms with Crippen LogP contribution in [0.15, 0.2) is 36.8 Å². The molecule has 2 fully saturated rings. The van der Waals surface area contributed by atoms with Crippen molar-refractivity contribution in [2.75, 3.05) is 63.6 Å². The first-order valence-electron chi connectivity index (χ1n) is 18.5. The first-order chi connectivity index (χ1) is 25.8. The smallest absolute Gasteiger partial charge is 0.231 e. The van der Waals surface area contributed by atoms with E-state index in [9.17, 15) is 9.59 Å². The van der Waals surface area contributed by atoms with Gasteiger partial charge in [0.15, 0.2) is 23.3 Å². The highest BCUT2D eigenvalue weighted by molar-refractivity contribution is 5.95. The highest BCUT2D eigenvalue weighted by atomic mass is 19.1. The van der Waals surface area contributed by atoms with E-state index in [0.717, 1.165) is 39.1 Å². The maximum atomic E-state index is 15.3. The molecule has 6 heterocycles. The number of amides is 2. The summed E-state index contributed by atoms with van der Waals surface area (Å²) in [4.78, 5) is 39.2. The number of likely N-dealkylation sites (tertiary alicyclic amines) is 2. The number of ether oxygens (including phenoxy) is 2. The minimum Gasteiger partial charge on any atom is -0.495 e. The van der Waals surface area contributed by atoms with Gasteiger partial charge in [-0.1, -0.05) is 27.7 Å². The molecule has 54 heavy (non-hydrogen) atoms. The number of H-pyrrole nitrogens is 2. The van der Waals surface area contributed by atoms with Crippen LogP contribution in [0, 0.1) is 28.4 Å². The van der Waals surface area contributed by atoms with Gasteiger partial charge in [-0.25, -0.2) is 13.8 Å². The third kappa shape index (κ3) is 9.21. The monoisotopic (exact) mass is 748 g/mol. The lowest BCUT2D eigenvalue weighted by molar-refractivity contribution is -0.125. The third-order valence-corrected chi connectivity index (χ3v) is 10.5. The zero-order valence-electron chi connectivity index (χ0n) is 31.6. The van der Waals surface area contributed by atoms with E-state index in [1.54, 1.807) is 18.2 Å². The zero-order chi connectivity index (χ0) is 38.5. The second-order valence-corrected chi connectivity index (χ2v) is 15.5. The SMILES string of the molecule is COc1cncc(-c2[nH]nc(NC(=O)C(C)(C)CCN3CCC(COc4ccc(-c5[nH]nc(NC(=O)C(C)(C)CCN6CCCC6)c5F)cn4)C3)c2F)c1. The van der Waals surface area contributed by atoms with Gasteiger partial charge >= 0.3 is 0 Å². The topological polar surface area (TPSA) is 166 Å². The Labute approximate surface area is 313 Å². The van der Waals surface area contributed by atoms with E-state index in [0.29, 0.717) is 48.7 Å². The number of aromatic nitrogens is 6. The summed E-state index contributed by atoms with van der Waals surface area (Å²) in [7, 11) is 1.50. The number of nitrogens with one attached hydrogen (secondary N) is 4. The normalized spacial score (nSPS) is 16.8. The van der Waals surface area contributed by atoms with Gasteiger partial charge in [-0.15, -0.1) is 0 Å². The summed E-state index contributed by atoms with van der Waals surface area (Å²) in [5, 5.41) is 18.6. The van der Waals surface area contributed by atoms with Crippen LogP contribution in [-0.2, 0) is 9.59 Å². The Morgan fingerprint density at radius 3 is 2.06 bits per heavy atom. The molecule has 1 atom stereocenters. The molecule has 0 aromatic carbocycles. The molecule has 4 aromatic heterocycles. The maximum absolute atomic E-state index is 15.3. The molecule has 4 N–H and O–H groups in total. The van der Waals surface area contributed by atoms with E-state index in [-0.39, 0.29) is 40.8 Å². The number of carbonyl (C=O) groups excluding carboxylic acids is 2. The number of anilines is 2. The fourth-order valence-electron chi connectivity index (χ4n) is 6.60. The number of hydrogen-bond donors (Lipinski definition) is 4. The summed E-state index contributed by atoms with van der Waals surface area (Å²) in [5.41, 5.74) is -0.297. The Morgan fingerprint density at radius 1 is 0.852 bits per heavy atom. The first kappa shape index (κ1) is 38.8. The van der Waals surface area contributed by atoms with E-state index < -0.39 is 22.5 Å². The van der Waals surface area contributed by atoms with Crippen LogP contribution in [-0.4, -0.2) is 105 Å². The van der Waals surface area contributed by atoms with Crippen molar-refractivity contribution in [2.45, 2.75) is 59.8 Å². The predicted molar refractivity (Wildman–Crippen MR) is 200 cm³/mol. The molecule has 0 bridgehead atoms. The number of pyridine rings is 2. The Hall–Kier alpha value is -4.96. The Balaban J connectivity index is 0.936. The highest BCUT2D eigenvalue weighted by Crippen LogP contribution is 2.31. The molecule has 2 aliphatic heterocycles. The number of carbonyl (C=O) groups is 2. The van der Waals surface area contributed by atoms with Gasteiger partial charge in [-0.3, -0.25) is 24.8 Å². The fourth-order valence-corrected chi connectivity index (χ4v) is 6.60. The van der Waals surface area contributed by atoms with Crippen LogP contribution in [0.2, 0.25) is 0 Å². The number of hydrogen-bond acceptors (Lipinski definition) is 10. The van der Waals surface area contributed by atoms with Crippen LogP contribution in [0.25, 0.3) is 22.5 Å². The second kappa shape index (κ2) is 16.6. The lowest BCUT2D eigenvalue weighted by Crippen LogP contribution is -2.35. The average molecular weight is 749 g/mol. The number of methoxy groups -OCH3 is 1. The molecule has 2 aliphatic rings. The van der Waals surface area contributed by atoms with Crippen molar-refractivity contribution in [3.63, 3.8) is 0 Å². The molecular formula is C38H50F2N10O4. The summed E-state index contributed by atoms with van der Waals surface area (Å²) in [6.07, 6.45) is 9.03. The van der Waals surface area contributed by atoms with E-state index in [4.69, 9.17) is 9.47 Å². The summed E-state index contributed by atoms with van der Waals surface area (Å²) >= 11 is 0. The van der Waals surface area contributed by atoms with Gasteiger partial charge in [-0.05, 0) is 77.0 Å². The number of aromatic amines is 2. The first-order valence-corrected chi connectivity index (χ1v) is 18.5. The molecule has 1 unspecified atom stereocenters. The lowest BCUT2D eigenvalue weighted by atomic mass is 9.88. The largest absolute Gasteiger partial charge is 0.495 e. The van der Waals surface area contributed by atoms with Gasteiger partial charge in [0.25, 0.3) is 0 Å². The van der Waals surface area contributed by atoms with Gasteiger partial charge in [0.1, 0.15) is 17.1 Å². The Morgan fingerprint density at radius 2 is 1.46 bits per heavy atom. The minimum atomic E-state index is -0.784. The van der Waals surface area contributed by atoms with Gasteiger partial charge in [-0.2, -0.15) is 10.2 Å². The predicted octanol–water partition coefficient (Wildman–Crippen LogP) is 5.75. The van der Waals surface area contributed by atoms with Gasteiger partial charge in [0.2, 0.25) is 17.7 Å². The molecule has 2 amide bonds.